The molecule has 0 bridgehead atoms. The van der Waals surface area contributed by atoms with Crippen molar-refractivity contribution in [3.05, 3.63) is 35.7 Å². The van der Waals surface area contributed by atoms with E-state index in [-0.39, 0.29) is 24.5 Å². The molecule has 0 aliphatic heterocycles. The predicted octanol–water partition coefficient (Wildman–Crippen LogP) is 1.69. The standard InChI is InChI=1S/C13H14N2O4/c1-3-18-12(16)10-9-7-5-6-8-15(9)14-11(10)13(17)19-4-2/h5-8H,3-4H2,1-2H3. The maximum Gasteiger partial charge on any atom is 0.359 e. The highest BCUT2D eigenvalue weighted by Crippen LogP contribution is 2.18. The van der Waals surface area contributed by atoms with E-state index in [1.54, 1.807) is 38.2 Å². The van der Waals surface area contributed by atoms with Gasteiger partial charge in [0, 0.05) is 6.20 Å². The summed E-state index contributed by atoms with van der Waals surface area (Å²) < 4.78 is 11.3. The number of ether oxygens (including phenoxy) is 2. The number of fused-ring (bicyclic) bond motifs is 1. The van der Waals surface area contributed by atoms with E-state index in [9.17, 15) is 9.59 Å². The van der Waals surface area contributed by atoms with Crippen molar-refractivity contribution in [3.63, 3.8) is 0 Å². The quantitative estimate of drug-likeness (QED) is 0.784. The summed E-state index contributed by atoms with van der Waals surface area (Å²) >= 11 is 0. The molecule has 0 saturated carbocycles. The minimum atomic E-state index is -0.630. The second-order valence-corrected chi connectivity index (χ2v) is 3.69. The van der Waals surface area contributed by atoms with E-state index in [0.717, 1.165) is 0 Å². The highest BCUT2D eigenvalue weighted by molar-refractivity contribution is 6.07. The van der Waals surface area contributed by atoms with Crippen molar-refractivity contribution in [3.8, 4) is 0 Å². The lowest BCUT2D eigenvalue weighted by Gasteiger charge is -2.02. The number of pyridine rings is 1. The molecule has 100 valence electrons. The van der Waals surface area contributed by atoms with Gasteiger partial charge >= 0.3 is 11.9 Å². The molecule has 0 spiro atoms. The summed E-state index contributed by atoms with van der Waals surface area (Å²) in [5, 5.41) is 4.08. The third-order valence-electron chi connectivity index (χ3n) is 2.49. The average molecular weight is 262 g/mol. The van der Waals surface area contributed by atoms with Crippen LogP contribution in [0, 0.1) is 0 Å². The van der Waals surface area contributed by atoms with Crippen molar-refractivity contribution < 1.29 is 19.1 Å². The molecule has 0 aromatic carbocycles. The SMILES string of the molecule is CCOC(=O)c1nn2ccccc2c1C(=O)OCC. The Morgan fingerprint density at radius 2 is 1.84 bits per heavy atom. The lowest BCUT2D eigenvalue weighted by molar-refractivity contribution is 0.0476. The second-order valence-electron chi connectivity index (χ2n) is 3.69. The topological polar surface area (TPSA) is 69.9 Å². The summed E-state index contributed by atoms with van der Waals surface area (Å²) in [6.07, 6.45) is 1.65. The van der Waals surface area contributed by atoms with Gasteiger partial charge in [-0.25, -0.2) is 14.1 Å². The first kappa shape index (κ1) is 13.1. The van der Waals surface area contributed by atoms with E-state index in [1.807, 2.05) is 0 Å². The number of hydrogen-bond donors (Lipinski definition) is 0. The van der Waals surface area contributed by atoms with Crippen LogP contribution in [0.2, 0.25) is 0 Å². The number of nitrogens with zero attached hydrogens (tertiary/aromatic N) is 2. The van der Waals surface area contributed by atoms with Gasteiger partial charge in [0.1, 0.15) is 5.56 Å². The molecule has 0 fully saturated rings. The molecule has 0 atom stereocenters. The third-order valence-corrected chi connectivity index (χ3v) is 2.49. The van der Waals surface area contributed by atoms with Crippen LogP contribution in [0.3, 0.4) is 0 Å². The lowest BCUT2D eigenvalue weighted by atomic mass is 10.2. The number of esters is 2. The van der Waals surface area contributed by atoms with Gasteiger partial charge in [-0.3, -0.25) is 0 Å². The van der Waals surface area contributed by atoms with Crippen molar-refractivity contribution in [2.45, 2.75) is 13.8 Å². The van der Waals surface area contributed by atoms with Gasteiger partial charge in [-0.1, -0.05) is 6.07 Å². The highest BCUT2D eigenvalue weighted by Gasteiger charge is 2.26. The van der Waals surface area contributed by atoms with Crippen LogP contribution >= 0.6 is 0 Å². The van der Waals surface area contributed by atoms with E-state index in [4.69, 9.17) is 9.47 Å². The summed E-state index contributed by atoms with van der Waals surface area (Å²) in [6.45, 7) is 3.84. The fourth-order valence-corrected chi connectivity index (χ4v) is 1.75. The normalized spacial score (nSPS) is 10.4. The van der Waals surface area contributed by atoms with Crippen LogP contribution in [-0.4, -0.2) is 34.8 Å². The zero-order valence-electron chi connectivity index (χ0n) is 10.8. The molecule has 0 saturated heterocycles. The molecule has 2 rings (SSSR count). The number of rotatable bonds is 4. The molecule has 2 aromatic heterocycles. The number of hydrogen-bond acceptors (Lipinski definition) is 5. The Morgan fingerprint density at radius 1 is 1.16 bits per heavy atom. The Balaban J connectivity index is 2.58. The first-order valence-electron chi connectivity index (χ1n) is 6.00. The van der Waals surface area contributed by atoms with Gasteiger partial charge in [-0.05, 0) is 26.0 Å². The molecule has 0 aliphatic carbocycles. The highest BCUT2D eigenvalue weighted by atomic mass is 16.5. The fraction of sp³-hybridized carbons (Fsp3) is 0.308. The zero-order chi connectivity index (χ0) is 13.8. The molecule has 19 heavy (non-hydrogen) atoms. The zero-order valence-corrected chi connectivity index (χ0v) is 10.8. The average Bonchev–Trinajstić information content (AvgIpc) is 2.78. The number of aromatic nitrogens is 2. The van der Waals surface area contributed by atoms with Gasteiger partial charge in [0.15, 0.2) is 5.69 Å². The Bertz CT molecular complexity index is 618. The first-order valence-corrected chi connectivity index (χ1v) is 6.00. The molecule has 6 heteroatoms. The summed E-state index contributed by atoms with van der Waals surface area (Å²) in [6, 6.07) is 5.21. The van der Waals surface area contributed by atoms with Crippen molar-refractivity contribution >= 4 is 17.5 Å². The minimum absolute atomic E-state index is 0.0218. The van der Waals surface area contributed by atoms with Crippen LogP contribution in [0.1, 0.15) is 34.7 Å². The second kappa shape index (κ2) is 5.51. The number of carbonyl (C=O) groups excluding carboxylic acids is 2. The summed E-state index contributed by atoms with van der Waals surface area (Å²) in [5.41, 5.74) is 0.636. The Hall–Kier alpha value is -2.37. The monoisotopic (exact) mass is 262 g/mol. The Kier molecular flexibility index (Phi) is 3.79. The van der Waals surface area contributed by atoms with Crippen LogP contribution in [0.4, 0.5) is 0 Å². The lowest BCUT2D eigenvalue weighted by Crippen LogP contribution is -2.13. The summed E-state index contributed by atoms with van der Waals surface area (Å²) in [5.74, 6) is -1.21. The molecule has 0 amide bonds. The molecule has 2 aromatic rings. The minimum Gasteiger partial charge on any atom is -0.462 e. The maximum atomic E-state index is 12.0. The first-order chi connectivity index (χ1) is 9.19. The third kappa shape index (κ3) is 2.42. The van der Waals surface area contributed by atoms with Crippen molar-refractivity contribution in [2.24, 2.45) is 0 Å². The van der Waals surface area contributed by atoms with E-state index in [2.05, 4.69) is 5.10 Å². The van der Waals surface area contributed by atoms with Gasteiger partial charge in [0.2, 0.25) is 0 Å². The molecule has 2 heterocycles. The van der Waals surface area contributed by atoms with Crippen molar-refractivity contribution in [1.82, 2.24) is 9.61 Å². The largest absolute Gasteiger partial charge is 0.462 e. The molecule has 6 nitrogen and oxygen atoms in total. The molecule has 0 unspecified atom stereocenters. The van der Waals surface area contributed by atoms with Gasteiger partial charge in [-0.15, -0.1) is 0 Å². The molecule has 0 radical (unpaired) electrons. The van der Waals surface area contributed by atoms with Gasteiger partial charge < -0.3 is 9.47 Å². The summed E-state index contributed by atoms with van der Waals surface area (Å²) in [4.78, 5) is 23.8. The Labute approximate surface area is 109 Å². The van der Waals surface area contributed by atoms with Crippen LogP contribution < -0.4 is 0 Å². The van der Waals surface area contributed by atoms with E-state index in [0.29, 0.717) is 5.52 Å². The molecular weight excluding hydrogens is 248 g/mol. The van der Waals surface area contributed by atoms with Gasteiger partial charge in [-0.2, -0.15) is 5.10 Å². The summed E-state index contributed by atoms with van der Waals surface area (Å²) in [7, 11) is 0. The van der Waals surface area contributed by atoms with Gasteiger partial charge in [0.25, 0.3) is 0 Å². The van der Waals surface area contributed by atoms with Crippen LogP contribution in [0.15, 0.2) is 24.4 Å². The van der Waals surface area contributed by atoms with Crippen molar-refractivity contribution in [1.29, 1.82) is 0 Å². The predicted molar refractivity (Wildman–Crippen MR) is 67.1 cm³/mol. The fourth-order valence-electron chi connectivity index (χ4n) is 1.75. The number of carbonyl (C=O) groups is 2. The van der Waals surface area contributed by atoms with E-state index >= 15 is 0 Å². The molecular formula is C13H14N2O4. The van der Waals surface area contributed by atoms with E-state index < -0.39 is 11.9 Å². The molecule has 0 N–H and O–H groups in total. The van der Waals surface area contributed by atoms with E-state index in [1.165, 1.54) is 4.52 Å². The van der Waals surface area contributed by atoms with Crippen LogP contribution in [0.25, 0.3) is 5.52 Å². The van der Waals surface area contributed by atoms with Crippen molar-refractivity contribution in [2.75, 3.05) is 13.2 Å². The molecule has 0 aliphatic rings. The maximum absolute atomic E-state index is 12.0. The Morgan fingerprint density at radius 3 is 2.53 bits per heavy atom. The van der Waals surface area contributed by atoms with Crippen LogP contribution in [0.5, 0.6) is 0 Å². The van der Waals surface area contributed by atoms with Crippen LogP contribution in [-0.2, 0) is 9.47 Å². The van der Waals surface area contributed by atoms with Gasteiger partial charge in [0.05, 0.1) is 18.7 Å². The smallest absolute Gasteiger partial charge is 0.359 e.